The predicted molar refractivity (Wildman–Crippen MR) is 116 cm³/mol. The zero-order valence-corrected chi connectivity index (χ0v) is 18.4. The van der Waals surface area contributed by atoms with Crippen LogP contribution >= 0.6 is 0 Å². The average Bonchev–Trinajstić information content (AvgIpc) is 2.92. The van der Waals surface area contributed by atoms with E-state index in [0.717, 1.165) is 58.4 Å². The Labute approximate surface area is 176 Å². The van der Waals surface area contributed by atoms with Gasteiger partial charge in [-0.3, -0.25) is 14.5 Å². The molecule has 2 atom stereocenters. The number of likely N-dealkylation sites (tertiary alicyclic amines) is 2. The van der Waals surface area contributed by atoms with Gasteiger partial charge in [0.1, 0.15) is 0 Å². The van der Waals surface area contributed by atoms with Gasteiger partial charge < -0.3 is 9.80 Å². The second-order valence-corrected chi connectivity index (χ2v) is 8.63. The van der Waals surface area contributed by atoms with Crippen molar-refractivity contribution in [3.8, 4) is 0 Å². The number of aryl methyl sites for hydroxylation is 1. The van der Waals surface area contributed by atoms with Crippen molar-refractivity contribution in [3.05, 3.63) is 35.4 Å². The van der Waals surface area contributed by atoms with E-state index in [1.165, 1.54) is 11.1 Å². The maximum Gasteiger partial charge on any atom is 0.226 e. The molecule has 0 unspecified atom stereocenters. The van der Waals surface area contributed by atoms with Crippen molar-refractivity contribution in [3.63, 3.8) is 0 Å². The number of hydrogen-bond acceptors (Lipinski definition) is 3. The Morgan fingerprint density at radius 2 is 1.79 bits per heavy atom. The summed E-state index contributed by atoms with van der Waals surface area (Å²) in [5, 5.41) is 0. The molecule has 0 radical (unpaired) electrons. The highest BCUT2D eigenvalue weighted by molar-refractivity contribution is 5.79. The number of amides is 2. The van der Waals surface area contributed by atoms with Gasteiger partial charge >= 0.3 is 0 Å². The van der Waals surface area contributed by atoms with Crippen molar-refractivity contribution in [2.45, 2.75) is 65.5 Å². The Balaban J connectivity index is 1.58. The Bertz CT molecular complexity index is 684. The lowest BCUT2D eigenvalue weighted by Gasteiger charge is -2.38. The number of carbonyl (C=O) groups excluding carboxylic acids is 2. The Hall–Kier alpha value is -1.88. The second kappa shape index (κ2) is 10.2. The maximum absolute atomic E-state index is 12.8. The standard InChI is InChI=1S/C24H37N3O2/c1-4-25(5-2)24(29)21-7-6-15-26(18-21)22-12-13-23(28)27(16-14-22)17-20-10-8-19(3)9-11-20/h8-11,21-22H,4-7,12-18H2,1-3H3/t21-,22+/m1/s1. The molecule has 2 aliphatic rings. The molecule has 1 aromatic carbocycles. The minimum atomic E-state index is 0.117. The first kappa shape index (κ1) is 21.8. The van der Waals surface area contributed by atoms with Crippen LogP contribution in [0.15, 0.2) is 24.3 Å². The van der Waals surface area contributed by atoms with Crippen LogP contribution in [0.5, 0.6) is 0 Å². The molecule has 0 aliphatic carbocycles. The van der Waals surface area contributed by atoms with Crippen LogP contribution in [0.4, 0.5) is 0 Å². The third kappa shape index (κ3) is 5.59. The Kier molecular flexibility index (Phi) is 7.70. The highest BCUT2D eigenvalue weighted by Crippen LogP contribution is 2.26. The summed E-state index contributed by atoms with van der Waals surface area (Å²) in [4.78, 5) is 32.0. The van der Waals surface area contributed by atoms with Crippen LogP contribution in [0.25, 0.3) is 0 Å². The van der Waals surface area contributed by atoms with Gasteiger partial charge in [0, 0.05) is 45.2 Å². The van der Waals surface area contributed by atoms with Crippen LogP contribution in [-0.2, 0) is 16.1 Å². The van der Waals surface area contributed by atoms with E-state index < -0.39 is 0 Å². The first-order chi connectivity index (χ1) is 14.0. The second-order valence-electron chi connectivity index (χ2n) is 8.63. The SMILES string of the molecule is CCN(CC)C(=O)[C@@H]1CCCN([C@H]2CCC(=O)N(Cc3ccc(C)cc3)CC2)C1. The fourth-order valence-electron chi connectivity index (χ4n) is 4.80. The van der Waals surface area contributed by atoms with Crippen LogP contribution in [0.2, 0.25) is 0 Å². The number of hydrogen-bond donors (Lipinski definition) is 0. The first-order valence-electron chi connectivity index (χ1n) is 11.4. The summed E-state index contributed by atoms with van der Waals surface area (Å²) in [5.74, 6) is 0.692. The molecule has 0 spiro atoms. The summed E-state index contributed by atoms with van der Waals surface area (Å²) in [6.45, 7) is 11.2. The summed E-state index contributed by atoms with van der Waals surface area (Å²) in [6, 6.07) is 8.88. The lowest BCUT2D eigenvalue weighted by molar-refractivity contribution is -0.137. The van der Waals surface area contributed by atoms with Crippen LogP contribution in [0.3, 0.4) is 0 Å². The molecule has 2 saturated heterocycles. The van der Waals surface area contributed by atoms with Gasteiger partial charge in [-0.2, -0.15) is 0 Å². The van der Waals surface area contributed by atoms with E-state index in [1.807, 2.05) is 9.80 Å². The van der Waals surface area contributed by atoms with Gasteiger partial charge in [-0.25, -0.2) is 0 Å². The molecule has 1 aromatic rings. The molecule has 0 bridgehead atoms. The van der Waals surface area contributed by atoms with E-state index in [4.69, 9.17) is 0 Å². The van der Waals surface area contributed by atoms with Crippen molar-refractivity contribution in [2.24, 2.45) is 5.92 Å². The summed E-state index contributed by atoms with van der Waals surface area (Å²) in [7, 11) is 0. The van der Waals surface area contributed by atoms with Gasteiger partial charge in [-0.1, -0.05) is 29.8 Å². The monoisotopic (exact) mass is 399 g/mol. The predicted octanol–water partition coefficient (Wildman–Crippen LogP) is 3.46. The van der Waals surface area contributed by atoms with E-state index in [1.54, 1.807) is 0 Å². The van der Waals surface area contributed by atoms with Crippen LogP contribution < -0.4 is 0 Å². The summed E-state index contributed by atoms with van der Waals surface area (Å²) >= 11 is 0. The van der Waals surface area contributed by atoms with Gasteiger partial charge in [-0.05, 0) is 58.6 Å². The van der Waals surface area contributed by atoms with E-state index in [0.29, 0.717) is 24.9 Å². The zero-order chi connectivity index (χ0) is 20.8. The average molecular weight is 400 g/mol. The molecule has 0 saturated carbocycles. The molecular formula is C24H37N3O2. The van der Waals surface area contributed by atoms with Gasteiger partial charge in [0.05, 0.1) is 5.92 Å². The normalized spacial score (nSPS) is 23.7. The summed E-state index contributed by atoms with van der Waals surface area (Å²) in [6.07, 6.45) is 4.60. The van der Waals surface area contributed by atoms with Crippen molar-refractivity contribution in [1.82, 2.24) is 14.7 Å². The number of piperidine rings is 1. The third-order valence-electron chi connectivity index (χ3n) is 6.66. The minimum absolute atomic E-state index is 0.117. The highest BCUT2D eigenvalue weighted by atomic mass is 16.2. The number of nitrogens with zero attached hydrogens (tertiary/aromatic N) is 3. The topological polar surface area (TPSA) is 43.9 Å². The van der Waals surface area contributed by atoms with E-state index >= 15 is 0 Å². The van der Waals surface area contributed by atoms with Gasteiger partial charge in [-0.15, -0.1) is 0 Å². The molecule has 3 rings (SSSR count). The first-order valence-corrected chi connectivity index (χ1v) is 11.4. The minimum Gasteiger partial charge on any atom is -0.343 e. The van der Waals surface area contributed by atoms with E-state index in [9.17, 15) is 9.59 Å². The third-order valence-corrected chi connectivity index (χ3v) is 6.66. The van der Waals surface area contributed by atoms with Crippen LogP contribution in [0, 0.1) is 12.8 Å². The number of carbonyl (C=O) groups is 2. The molecule has 2 aliphatic heterocycles. The van der Waals surface area contributed by atoms with Crippen molar-refractivity contribution < 1.29 is 9.59 Å². The molecule has 2 fully saturated rings. The fraction of sp³-hybridized carbons (Fsp3) is 0.667. The molecule has 0 N–H and O–H groups in total. The highest BCUT2D eigenvalue weighted by Gasteiger charge is 2.33. The fourth-order valence-corrected chi connectivity index (χ4v) is 4.80. The molecular weight excluding hydrogens is 362 g/mol. The van der Waals surface area contributed by atoms with Crippen LogP contribution in [0.1, 0.15) is 57.1 Å². The van der Waals surface area contributed by atoms with Crippen LogP contribution in [-0.4, -0.2) is 65.3 Å². The van der Waals surface area contributed by atoms with Gasteiger partial charge in [0.15, 0.2) is 0 Å². The van der Waals surface area contributed by atoms with Crippen molar-refractivity contribution in [2.75, 3.05) is 32.7 Å². The lowest BCUT2D eigenvalue weighted by Crippen LogP contribution is -2.48. The van der Waals surface area contributed by atoms with Gasteiger partial charge in [0.25, 0.3) is 0 Å². The number of benzene rings is 1. The molecule has 29 heavy (non-hydrogen) atoms. The molecule has 5 heteroatoms. The van der Waals surface area contributed by atoms with Crippen molar-refractivity contribution >= 4 is 11.8 Å². The summed E-state index contributed by atoms with van der Waals surface area (Å²) < 4.78 is 0. The molecule has 2 heterocycles. The largest absolute Gasteiger partial charge is 0.343 e. The Morgan fingerprint density at radius 1 is 1.07 bits per heavy atom. The zero-order valence-electron chi connectivity index (χ0n) is 18.4. The van der Waals surface area contributed by atoms with Gasteiger partial charge in [0.2, 0.25) is 11.8 Å². The quantitative estimate of drug-likeness (QED) is 0.736. The molecule has 2 amide bonds. The summed E-state index contributed by atoms with van der Waals surface area (Å²) in [5.41, 5.74) is 2.44. The molecule has 5 nitrogen and oxygen atoms in total. The lowest BCUT2D eigenvalue weighted by atomic mass is 9.93. The van der Waals surface area contributed by atoms with E-state index in [2.05, 4.69) is 49.9 Å². The molecule has 160 valence electrons. The Morgan fingerprint density at radius 3 is 2.48 bits per heavy atom. The van der Waals surface area contributed by atoms with Crippen molar-refractivity contribution in [1.29, 1.82) is 0 Å². The maximum atomic E-state index is 12.8. The number of rotatable bonds is 6. The smallest absolute Gasteiger partial charge is 0.226 e. The molecule has 0 aromatic heterocycles. The van der Waals surface area contributed by atoms with E-state index in [-0.39, 0.29) is 11.8 Å².